The number of nitrogens with zero attached hydrogens (tertiary/aromatic N) is 5. The van der Waals surface area contributed by atoms with Crippen molar-refractivity contribution in [2.45, 2.75) is 38.7 Å². The number of benzene rings is 1. The van der Waals surface area contributed by atoms with Crippen LogP contribution >= 0.6 is 0 Å². The first-order chi connectivity index (χ1) is 17.5. The highest BCUT2D eigenvalue weighted by atomic mass is 19.4. The molecule has 2 aliphatic rings. The van der Waals surface area contributed by atoms with E-state index < -0.39 is 23.3 Å². The van der Waals surface area contributed by atoms with Crippen molar-refractivity contribution in [2.75, 3.05) is 13.1 Å². The van der Waals surface area contributed by atoms with E-state index in [1.54, 1.807) is 22.9 Å². The van der Waals surface area contributed by atoms with Gasteiger partial charge in [0.2, 0.25) is 0 Å². The van der Waals surface area contributed by atoms with Crippen LogP contribution in [0.2, 0.25) is 0 Å². The Morgan fingerprint density at radius 3 is 2.35 bits per heavy atom. The Labute approximate surface area is 207 Å². The van der Waals surface area contributed by atoms with Crippen LogP contribution in [0.3, 0.4) is 0 Å². The van der Waals surface area contributed by atoms with E-state index >= 15 is 0 Å². The largest absolute Gasteiger partial charge is 0.490 e. The summed E-state index contributed by atoms with van der Waals surface area (Å²) in [5.74, 6) is -2.44. The van der Waals surface area contributed by atoms with E-state index in [0.29, 0.717) is 18.8 Å². The third-order valence-corrected chi connectivity index (χ3v) is 6.35. The van der Waals surface area contributed by atoms with Crippen molar-refractivity contribution in [3.63, 3.8) is 0 Å². The standard InChI is InChI=1S/C22H22FN5O2.C2HF3O2/c23-17-6-4-16(5-7-17)12-28-21(30)20(29)27-15-22(11-19(27)25-28)8-10-26(14-22)13-18-3-1-2-9-24-18;3-2(4,5)1(6)7/h1-7,9H,8,10-15H2;(H,6,7). The van der Waals surface area contributed by atoms with Crippen molar-refractivity contribution in [1.29, 1.82) is 0 Å². The van der Waals surface area contributed by atoms with Crippen LogP contribution in [-0.4, -0.2) is 54.6 Å². The molecule has 1 spiro atoms. The summed E-state index contributed by atoms with van der Waals surface area (Å²) in [4.78, 5) is 41.0. The van der Waals surface area contributed by atoms with E-state index in [9.17, 15) is 27.2 Å². The lowest BCUT2D eigenvalue weighted by Gasteiger charge is -2.22. The van der Waals surface area contributed by atoms with Crippen molar-refractivity contribution in [3.8, 4) is 0 Å². The molecule has 1 atom stereocenters. The Morgan fingerprint density at radius 1 is 1.03 bits per heavy atom. The quantitative estimate of drug-likeness (QED) is 0.414. The highest BCUT2D eigenvalue weighted by molar-refractivity contribution is 5.73. The van der Waals surface area contributed by atoms with E-state index in [-0.39, 0.29) is 17.8 Å². The second-order valence-electron chi connectivity index (χ2n) is 9.16. The summed E-state index contributed by atoms with van der Waals surface area (Å²) < 4.78 is 47.6. The zero-order valence-electron chi connectivity index (χ0n) is 19.5. The van der Waals surface area contributed by atoms with E-state index in [1.807, 2.05) is 18.2 Å². The lowest BCUT2D eigenvalue weighted by Crippen LogP contribution is -2.43. The normalized spacial score (nSPS) is 18.9. The monoisotopic (exact) mass is 521 g/mol. The fraction of sp³-hybridized carbons (Fsp3) is 0.375. The molecule has 196 valence electrons. The Morgan fingerprint density at radius 2 is 1.73 bits per heavy atom. The Kier molecular flexibility index (Phi) is 7.25. The molecule has 3 aromatic rings. The summed E-state index contributed by atoms with van der Waals surface area (Å²) in [6, 6.07) is 11.8. The van der Waals surface area contributed by atoms with E-state index in [1.165, 1.54) is 16.8 Å². The summed E-state index contributed by atoms with van der Waals surface area (Å²) in [5.41, 5.74) is 0.519. The number of rotatable bonds is 4. The SMILES string of the molecule is O=C(O)C(F)(F)F.O=c1c(=O)n2c(nn1Cc1ccc(F)cc1)CC1(CCN(Cc3ccccn3)C1)C2. The summed E-state index contributed by atoms with van der Waals surface area (Å²) in [5, 5.41) is 11.6. The number of carboxylic acid groups (broad SMARTS) is 1. The lowest BCUT2D eigenvalue weighted by atomic mass is 9.86. The maximum absolute atomic E-state index is 13.1. The molecule has 0 radical (unpaired) electrons. The Bertz CT molecular complexity index is 1390. The Balaban J connectivity index is 0.000000405. The van der Waals surface area contributed by atoms with E-state index in [4.69, 9.17) is 9.90 Å². The summed E-state index contributed by atoms with van der Waals surface area (Å²) in [6.45, 7) is 3.23. The molecular weight excluding hydrogens is 498 g/mol. The zero-order chi connectivity index (χ0) is 26.8. The molecule has 1 saturated heterocycles. The van der Waals surface area contributed by atoms with Crippen LogP contribution in [0.1, 0.15) is 23.5 Å². The molecule has 4 heterocycles. The van der Waals surface area contributed by atoms with Crippen LogP contribution in [0.15, 0.2) is 58.3 Å². The molecular formula is C24H23F4N5O4. The van der Waals surface area contributed by atoms with Crippen LogP contribution in [0.4, 0.5) is 17.6 Å². The minimum Gasteiger partial charge on any atom is -0.475 e. The van der Waals surface area contributed by atoms with Crippen molar-refractivity contribution in [1.82, 2.24) is 24.2 Å². The van der Waals surface area contributed by atoms with E-state index in [0.717, 1.165) is 37.3 Å². The molecule has 9 nitrogen and oxygen atoms in total. The number of aromatic nitrogens is 4. The molecule has 1 fully saturated rings. The van der Waals surface area contributed by atoms with Gasteiger partial charge in [-0.15, -0.1) is 0 Å². The highest BCUT2D eigenvalue weighted by Gasteiger charge is 2.44. The molecule has 2 aromatic heterocycles. The molecule has 5 rings (SSSR count). The average molecular weight is 521 g/mol. The number of halogens is 4. The third kappa shape index (κ3) is 6.10. The van der Waals surface area contributed by atoms with Crippen LogP contribution < -0.4 is 11.1 Å². The van der Waals surface area contributed by atoms with Crippen molar-refractivity contribution < 1.29 is 27.5 Å². The number of hydrogen-bond donors (Lipinski definition) is 1. The first-order valence-corrected chi connectivity index (χ1v) is 11.3. The number of aliphatic carboxylic acids is 1. The molecule has 2 aliphatic heterocycles. The number of carboxylic acids is 1. The number of pyridine rings is 1. The zero-order valence-corrected chi connectivity index (χ0v) is 19.5. The van der Waals surface area contributed by atoms with Gasteiger partial charge in [0.1, 0.15) is 11.6 Å². The minimum atomic E-state index is -5.08. The molecule has 0 amide bonds. The predicted octanol–water partition coefficient (Wildman–Crippen LogP) is 2.07. The Hall–Kier alpha value is -3.87. The second kappa shape index (κ2) is 10.2. The molecule has 0 bridgehead atoms. The number of carbonyl (C=O) groups is 1. The van der Waals surface area contributed by atoms with Gasteiger partial charge >= 0.3 is 23.3 Å². The molecule has 37 heavy (non-hydrogen) atoms. The van der Waals surface area contributed by atoms with Gasteiger partial charge in [-0.25, -0.2) is 13.9 Å². The molecule has 0 saturated carbocycles. The molecule has 1 unspecified atom stereocenters. The van der Waals surface area contributed by atoms with Gasteiger partial charge in [-0.1, -0.05) is 18.2 Å². The molecule has 0 aliphatic carbocycles. The van der Waals surface area contributed by atoms with Gasteiger partial charge in [0.05, 0.1) is 12.2 Å². The van der Waals surface area contributed by atoms with Gasteiger partial charge < -0.3 is 5.11 Å². The van der Waals surface area contributed by atoms with Crippen LogP contribution in [0, 0.1) is 11.2 Å². The smallest absolute Gasteiger partial charge is 0.475 e. The summed E-state index contributed by atoms with van der Waals surface area (Å²) >= 11 is 0. The van der Waals surface area contributed by atoms with Gasteiger partial charge in [0.25, 0.3) is 0 Å². The van der Waals surface area contributed by atoms with Crippen LogP contribution in [0.25, 0.3) is 0 Å². The fourth-order valence-corrected chi connectivity index (χ4v) is 4.63. The average Bonchev–Trinajstić information content (AvgIpc) is 3.41. The summed E-state index contributed by atoms with van der Waals surface area (Å²) in [7, 11) is 0. The maximum atomic E-state index is 13.1. The van der Waals surface area contributed by atoms with Crippen LogP contribution in [-0.2, 0) is 30.8 Å². The van der Waals surface area contributed by atoms with Gasteiger partial charge in [0.15, 0.2) is 0 Å². The van der Waals surface area contributed by atoms with Gasteiger partial charge in [-0.3, -0.25) is 24.0 Å². The van der Waals surface area contributed by atoms with Gasteiger partial charge in [0, 0.05) is 37.7 Å². The van der Waals surface area contributed by atoms with Crippen LogP contribution in [0.5, 0.6) is 0 Å². The fourth-order valence-electron chi connectivity index (χ4n) is 4.63. The number of likely N-dealkylation sites (tertiary alicyclic amines) is 1. The predicted molar refractivity (Wildman–Crippen MR) is 122 cm³/mol. The second-order valence-corrected chi connectivity index (χ2v) is 9.16. The number of hydrogen-bond acceptors (Lipinski definition) is 6. The van der Waals surface area contributed by atoms with Crippen molar-refractivity contribution in [3.05, 3.63) is 92.3 Å². The van der Waals surface area contributed by atoms with Gasteiger partial charge in [-0.05, 0) is 42.8 Å². The molecule has 13 heteroatoms. The van der Waals surface area contributed by atoms with E-state index in [2.05, 4.69) is 15.0 Å². The van der Waals surface area contributed by atoms with Crippen molar-refractivity contribution in [2.24, 2.45) is 5.41 Å². The number of alkyl halides is 3. The topological polar surface area (TPSA) is 110 Å². The minimum absolute atomic E-state index is 0.0740. The molecule has 1 N–H and O–H groups in total. The maximum Gasteiger partial charge on any atom is 0.490 e. The highest BCUT2D eigenvalue weighted by Crippen LogP contribution is 2.39. The lowest BCUT2D eigenvalue weighted by molar-refractivity contribution is -0.192. The number of fused-ring (bicyclic) bond motifs is 1. The first kappa shape index (κ1) is 26.2. The third-order valence-electron chi connectivity index (χ3n) is 6.35. The first-order valence-electron chi connectivity index (χ1n) is 11.3. The van der Waals surface area contributed by atoms with Gasteiger partial charge in [-0.2, -0.15) is 18.3 Å². The summed E-state index contributed by atoms with van der Waals surface area (Å²) in [6.07, 6.45) is -1.66. The molecule has 1 aromatic carbocycles. The van der Waals surface area contributed by atoms with Crippen molar-refractivity contribution >= 4 is 5.97 Å².